The minimum absolute atomic E-state index is 0.0447. The zero-order valence-corrected chi connectivity index (χ0v) is 13.7. The average molecular weight is 361 g/mol. The first kappa shape index (κ1) is 17.0. The van der Waals surface area contributed by atoms with Gasteiger partial charge in [0.2, 0.25) is 5.91 Å². The number of fused-ring (bicyclic) bond motifs is 1. The van der Waals surface area contributed by atoms with Crippen molar-refractivity contribution in [3.63, 3.8) is 0 Å². The highest BCUT2D eigenvalue weighted by Gasteiger charge is 2.32. The lowest BCUT2D eigenvalue weighted by molar-refractivity contribution is -0.138. The van der Waals surface area contributed by atoms with Crippen LogP contribution >= 0.6 is 11.6 Å². The van der Waals surface area contributed by atoms with Gasteiger partial charge in [-0.3, -0.25) is 4.79 Å². The number of piperazine rings is 1. The minimum Gasteiger partial charge on any atom is -0.340 e. The summed E-state index contributed by atoms with van der Waals surface area (Å²) >= 11 is 5.90. The van der Waals surface area contributed by atoms with Gasteiger partial charge in [0, 0.05) is 38.6 Å². The van der Waals surface area contributed by atoms with Crippen molar-refractivity contribution in [1.29, 1.82) is 0 Å². The average Bonchev–Trinajstić information content (AvgIpc) is 2.90. The van der Waals surface area contributed by atoms with Crippen LogP contribution in [0.3, 0.4) is 0 Å². The fourth-order valence-corrected chi connectivity index (χ4v) is 2.93. The van der Waals surface area contributed by atoms with E-state index >= 15 is 0 Å². The third kappa shape index (κ3) is 3.49. The zero-order valence-electron chi connectivity index (χ0n) is 13.0. The van der Waals surface area contributed by atoms with Crippen LogP contribution in [-0.4, -0.2) is 58.3 Å². The molecule has 5 nitrogen and oxygen atoms in total. The van der Waals surface area contributed by atoms with Crippen LogP contribution in [0.25, 0.3) is 5.65 Å². The topological polar surface area (TPSA) is 40.9 Å². The van der Waals surface area contributed by atoms with Crippen molar-refractivity contribution in [1.82, 2.24) is 19.2 Å². The molecule has 130 valence electrons. The number of hydrogen-bond acceptors (Lipinski definition) is 3. The minimum atomic E-state index is -4.49. The Morgan fingerprint density at radius 1 is 1.25 bits per heavy atom. The van der Waals surface area contributed by atoms with Gasteiger partial charge in [-0.25, -0.2) is 4.98 Å². The molecule has 3 rings (SSSR count). The SMILES string of the molecule is CN1CCN(C(=O)Cc2cn3cc(C(F)(F)F)cc(Cl)c3n2)CC1. The van der Waals surface area contributed by atoms with Crippen LogP contribution < -0.4 is 0 Å². The van der Waals surface area contributed by atoms with E-state index in [1.165, 1.54) is 10.6 Å². The molecule has 0 saturated carbocycles. The van der Waals surface area contributed by atoms with E-state index in [9.17, 15) is 18.0 Å². The third-order valence-electron chi connectivity index (χ3n) is 4.07. The standard InChI is InChI=1S/C15H16ClF3N4O/c1-21-2-4-22(5-3-21)13(24)7-11-9-23-8-10(15(17,18)19)6-12(16)14(23)20-11/h6,8-9H,2-5,7H2,1H3. The molecule has 1 amide bonds. The van der Waals surface area contributed by atoms with Crippen molar-refractivity contribution in [3.05, 3.63) is 34.7 Å². The van der Waals surface area contributed by atoms with Crippen molar-refractivity contribution in [3.8, 4) is 0 Å². The number of hydrogen-bond donors (Lipinski definition) is 0. The van der Waals surface area contributed by atoms with Crippen molar-refractivity contribution in [2.24, 2.45) is 0 Å². The molecule has 3 heterocycles. The van der Waals surface area contributed by atoms with Crippen LogP contribution in [0.15, 0.2) is 18.5 Å². The highest BCUT2D eigenvalue weighted by Crippen LogP contribution is 2.32. The smallest absolute Gasteiger partial charge is 0.340 e. The number of aromatic nitrogens is 2. The largest absolute Gasteiger partial charge is 0.417 e. The summed E-state index contributed by atoms with van der Waals surface area (Å²) in [5.74, 6) is -0.0846. The Kier molecular flexibility index (Phi) is 4.44. The van der Waals surface area contributed by atoms with Gasteiger partial charge in [0.25, 0.3) is 0 Å². The molecule has 9 heteroatoms. The Labute approximate surface area is 141 Å². The Bertz CT molecular complexity index is 766. The van der Waals surface area contributed by atoms with Gasteiger partial charge in [-0.05, 0) is 13.1 Å². The quantitative estimate of drug-likeness (QED) is 0.825. The highest BCUT2D eigenvalue weighted by atomic mass is 35.5. The molecule has 2 aromatic heterocycles. The molecule has 1 saturated heterocycles. The summed E-state index contributed by atoms with van der Waals surface area (Å²) in [6.45, 7) is 2.89. The fraction of sp³-hybridized carbons (Fsp3) is 0.467. The molecule has 0 aliphatic carbocycles. The van der Waals surface area contributed by atoms with Crippen molar-refractivity contribution in [2.45, 2.75) is 12.6 Å². The van der Waals surface area contributed by atoms with Gasteiger partial charge in [-0.1, -0.05) is 11.6 Å². The molecule has 0 unspecified atom stereocenters. The van der Waals surface area contributed by atoms with Gasteiger partial charge in [0.15, 0.2) is 5.65 Å². The summed E-state index contributed by atoms with van der Waals surface area (Å²) in [5.41, 5.74) is -0.236. The summed E-state index contributed by atoms with van der Waals surface area (Å²) in [5, 5.41) is -0.0943. The van der Waals surface area contributed by atoms with Gasteiger partial charge in [0.1, 0.15) is 0 Å². The Morgan fingerprint density at radius 3 is 2.54 bits per heavy atom. The van der Waals surface area contributed by atoms with Crippen LogP contribution in [-0.2, 0) is 17.4 Å². The van der Waals surface area contributed by atoms with Gasteiger partial charge in [-0.2, -0.15) is 13.2 Å². The predicted octanol–water partition coefficient (Wildman–Crippen LogP) is 2.32. The Morgan fingerprint density at radius 2 is 1.92 bits per heavy atom. The molecule has 0 radical (unpaired) electrons. The predicted molar refractivity (Wildman–Crippen MR) is 83.0 cm³/mol. The number of halogens is 4. The molecular weight excluding hydrogens is 345 g/mol. The van der Waals surface area contributed by atoms with E-state index in [0.29, 0.717) is 18.8 Å². The fourth-order valence-electron chi connectivity index (χ4n) is 2.67. The van der Waals surface area contributed by atoms with E-state index in [4.69, 9.17) is 11.6 Å². The van der Waals surface area contributed by atoms with E-state index in [-0.39, 0.29) is 23.0 Å². The lowest BCUT2D eigenvalue weighted by Gasteiger charge is -2.32. The van der Waals surface area contributed by atoms with Crippen molar-refractivity contribution >= 4 is 23.2 Å². The first-order valence-electron chi connectivity index (χ1n) is 7.44. The summed E-state index contributed by atoms with van der Waals surface area (Å²) in [7, 11) is 1.99. The second-order valence-electron chi connectivity index (χ2n) is 5.90. The molecule has 24 heavy (non-hydrogen) atoms. The van der Waals surface area contributed by atoms with Gasteiger partial charge >= 0.3 is 6.18 Å². The molecule has 1 aliphatic heterocycles. The van der Waals surface area contributed by atoms with Crippen LogP contribution in [0.2, 0.25) is 5.02 Å². The lowest BCUT2D eigenvalue weighted by Crippen LogP contribution is -2.47. The van der Waals surface area contributed by atoms with Crippen LogP contribution in [0.4, 0.5) is 13.2 Å². The second-order valence-corrected chi connectivity index (χ2v) is 6.31. The van der Waals surface area contributed by atoms with Crippen molar-refractivity contribution in [2.75, 3.05) is 33.2 Å². The van der Waals surface area contributed by atoms with E-state index < -0.39 is 11.7 Å². The monoisotopic (exact) mass is 360 g/mol. The lowest BCUT2D eigenvalue weighted by atomic mass is 10.2. The molecule has 1 aliphatic rings. The number of carbonyl (C=O) groups is 1. The normalized spacial score (nSPS) is 16.8. The Hall–Kier alpha value is -1.80. The number of alkyl halides is 3. The summed E-state index contributed by atoms with van der Waals surface area (Å²) in [6, 6.07) is 0.843. The molecule has 0 N–H and O–H groups in total. The number of rotatable bonds is 2. The maximum atomic E-state index is 12.8. The van der Waals surface area contributed by atoms with Gasteiger partial charge < -0.3 is 14.2 Å². The summed E-state index contributed by atoms with van der Waals surface area (Å²) in [4.78, 5) is 20.4. The number of carbonyl (C=O) groups excluding carboxylic acids is 1. The first-order chi connectivity index (χ1) is 11.2. The highest BCUT2D eigenvalue weighted by molar-refractivity contribution is 6.33. The van der Waals surface area contributed by atoms with E-state index in [1.54, 1.807) is 4.90 Å². The van der Waals surface area contributed by atoms with Crippen LogP contribution in [0, 0.1) is 0 Å². The molecule has 0 spiro atoms. The maximum Gasteiger partial charge on any atom is 0.417 e. The number of imidazole rings is 1. The van der Waals surface area contributed by atoms with Gasteiger partial charge in [0.05, 0.1) is 22.7 Å². The molecule has 0 aromatic carbocycles. The number of nitrogens with zero attached hydrogens (tertiary/aromatic N) is 4. The third-order valence-corrected chi connectivity index (χ3v) is 4.35. The van der Waals surface area contributed by atoms with Gasteiger partial charge in [-0.15, -0.1) is 0 Å². The molecule has 0 atom stereocenters. The number of pyridine rings is 1. The van der Waals surface area contributed by atoms with E-state index in [1.807, 2.05) is 7.05 Å². The van der Waals surface area contributed by atoms with Crippen LogP contribution in [0.5, 0.6) is 0 Å². The number of likely N-dealkylation sites (N-methyl/N-ethyl adjacent to an activating group) is 1. The van der Waals surface area contributed by atoms with E-state index in [0.717, 1.165) is 25.4 Å². The zero-order chi connectivity index (χ0) is 17.5. The number of amides is 1. The molecule has 0 bridgehead atoms. The summed E-state index contributed by atoms with van der Waals surface area (Å²) < 4.78 is 39.7. The molecule has 2 aromatic rings. The molecular formula is C15H16ClF3N4O. The Balaban J connectivity index is 1.81. The summed E-state index contributed by atoms with van der Waals surface area (Å²) in [6.07, 6.45) is -2.09. The second kappa shape index (κ2) is 6.25. The first-order valence-corrected chi connectivity index (χ1v) is 7.82. The van der Waals surface area contributed by atoms with Crippen LogP contribution in [0.1, 0.15) is 11.3 Å². The van der Waals surface area contributed by atoms with Crippen molar-refractivity contribution < 1.29 is 18.0 Å². The molecule has 1 fully saturated rings. The maximum absolute atomic E-state index is 12.8. The van der Waals surface area contributed by atoms with E-state index in [2.05, 4.69) is 9.88 Å².